The van der Waals surface area contributed by atoms with E-state index in [4.69, 9.17) is 4.74 Å². The molecule has 1 atom stereocenters. The van der Waals surface area contributed by atoms with Crippen molar-refractivity contribution in [2.24, 2.45) is 0 Å². The molecule has 27 heavy (non-hydrogen) atoms. The second-order valence-electron chi connectivity index (χ2n) is 8.42. The summed E-state index contributed by atoms with van der Waals surface area (Å²) in [5, 5.41) is 0. The minimum Gasteiger partial charge on any atom is -0.444 e. The summed E-state index contributed by atoms with van der Waals surface area (Å²) < 4.78 is 5.53. The van der Waals surface area contributed by atoms with Crippen LogP contribution in [0.1, 0.15) is 51.8 Å². The molecule has 1 fully saturated rings. The standard InChI is InChI=1S/C22H37N3O2/c1-7-23(8-2)17-20(19-11-9-18(3)10-12-19)24-13-15-25(16-14-24)21(26)27-22(4,5)6/h9-12,20H,7-8,13-17H2,1-6H3. The summed E-state index contributed by atoms with van der Waals surface area (Å²) in [5.74, 6) is 0. The Morgan fingerprint density at radius 2 is 1.63 bits per heavy atom. The number of nitrogens with zero attached hydrogens (tertiary/aromatic N) is 3. The van der Waals surface area contributed by atoms with Gasteiger partial charge in [0.05, 0.1) is 0 Å². The number of hydrogen-bond acceptors (Lipinski definition) is 4. The van der Waals surface area contributed by atoms with E-state index in [1.165, 1.54) is 11.1 Å². The molecule has 0 aliphatic carbocycles. The quantitative estimate of drug-likeness (QED) is 0.755. The van der Waals surface area contributed by atoms with E-state index in [0.29, 0.717) is 6.04 Å². The van der Waals surface area contributed by atoms with Crippen molar-refractivity contribution >= 4 is 6.09 Å². The van der Waals surface area contributed by atoms with Crippen molar-refractivity contribution in [2.45, 2.75) is 53.2 Å². The fraction of sp³-hybridized carbons (Fsp3) is 0.682. The number of piperazine rings is 1. The summed E-state index contributed by atoms with van der Waals surface area (Å²) in [6.45, 7) is 18.6. The van der Waals surface area contributed by atoms with Crippen molar-refractivity contribution < 1.29 is 9.53 Å². The second kappa shape index (κ2) is 9.56. The smallest absolute Gasteiger partial charge is 0.410 e. The molecule has 1 aromatic carbocycles. The molecule has 1 aromatic rings. The molecule has 5 nitrogen and oxygen atoms in total. The van der Waals surface area contributed by atoms with E-state index in [9.17, 15) is 4.79 Å². The molecule has 0 radical (unpaired) electrons. The van der Waals surface area contributed by atoms with Crippen molar-refractivity contribution in [2.75, 3.05) is 45.8 Å². The molecule has 1 aliphatic heterocycles. The van der Waals surface area contributed by atoms with E-state index in [1.54, 1.807) is 0 Å². The van der Waals surface area contributed by atoms with E-state index >= 15 is 0 Å². The Kier molecular flexibility index (Phi) is 7.68. The molecule has 1 unspecified atom stereocenters. The molecule has 0 saturated carbocycles. The van der Waals surface area contributed by atoms with Crippen molar-refractivity contribution in [3.63, 3.8) is 0 Å². The van der Waals surface area contributed by atoms with Gasteiger partial charge in [0.2, 0.25) is 0 Å². The summed E-state index contributed by atoms with van der Waals surface area (Å²) in [5.41, 5.74) is 2.20. The average Bonchev–Trinajstić information content (AvgIpc) is 2.63. The van der Waals surface area contributed by atoms with Crippen LogP contribution in [0.3, 0.4) is 0 Å². The highest BCUT2D eigenvalue weighted by atomic mass is 16.6. The maximum absolute atomic E-state index is 12.3. The van der Waals surface area contributed by atoms with Gasteiger partial charge in [-0.3, -0.25) is 4.90 Å². The lowest BCUT2D eigenvalue weighted by molar-refractivity contribution is 0.00819. The maximum atomic E-state index is 12.3. The molecule has 152 valence electrons. The number of likely N-dealkylation sites (N-methyl/N-ethyl adjacent to an activating group) is 1. The van der Waals surface area contributed by atoms with Gasteiger partial charge < -0.3 is 14.5 Å². The largest absolute Gasteiger partial charge is 0.444 e. The second-order valence-corrected chi connectivity index (χ2v) is 8.42. The van der Waals surface area contributed by atoms with Crippen molar-refractivity contribution in [3.05, 3.63) is 35.4 Å². The first-order chi connectivity index (χ1) is 12.7. The molecule has 0 spiro atoms. The maximum Gasteiger partial charge on any atom is 0.410 e. The summed E-state index contributed by atoms with van der Waals surface area (Å²) in [6, 6.07) is 9.25. The van der Waals surface area contributed by atoms with E-state index < -0.39 is 5.60 Å². The third-order valence-electron chi connectivity index (χ3n) is 5.19. The highest BCUT2D eigenvalue weighted by molar-refractivity contribution is 5.68. The number of ether oxygens (including phenoxy) is 1. The van der Waals surface area contributed by atoms with Gasteiger partial charge in [-0.25, -0.2) is 4.79 Å². The first kappa shape index (κ1) is 21.7. The Balaban J connectivity index is 2.06. The van der Waals surface area contributed by atoms with Crippen LogP contribution in [0.5, 0.6) is 0 Å². The van der Waals surface area contributed by atoms with Crippen LogP contribution in [0, 0.1) is 6.92 Å². The monoisotopic (exact) mass is 375 g/mol. The highest BCUT2D eigenvalue weighted by Gasteiger charge is 2.30. The predicted octanol–water partition coefficient (Wildman–Crippen LogP) is 3.93. The molecule has 0 N–H and O–H groups in total. The minimum atomic E-state index is -0.443. The Labute approximate surface area is 165 Å². The first-order valence-electron chi connectivity index (χ1n) is 10.2. The van der Waals surface area contributed by atoms with Crippen LogP contribution in [0.25, 0.3) is 0 Å². The van der Waals surface area contributed by atoms with Gasteiger partial charge in [0.25, 0.3) is 0 Å². The summed E-state index contributed by atoms with van der Waals surface area (Å²) >= 11 is 0. The number of amides is 1. The van der Waals surface area contributed by atoms with Gasteiger partial charge in [-0.1, -0.05) is 43.7 Å². The van der Waals surface area contributed by atoms with Gasteiger partial charge in [-0.2, -0.15) is 0 Å². The van der Waals surface area contributed by atoms with Gasteiger partial charge in [-0.05, 0) is 46.3 Å². The Morgan fingerprint density at radius 1 is 1.07 bits per heavy atom. The highest BCUT2D eigenvalue weighted by Crippen LogP contribution is 2.24. The van der Waals surface area contributed by atoms with Gasteiger partial charge in [-0.15, -0.1) is 0 Å². The third-order valence-corrected chi connectivity index (χ3v) is 5.19. The molecular formula is C22H37N3O2. The van der Waals surface area contributed by atoms with Crippen LogP contribution in [-0.4, -0.2) is 72.2 Å². The molecule has 1 saturated heterocycles. The van der Waals surface area contributed by atoms with Crippen molar-refractivity contribution in [1.82, 2.24) is 14.7 Å². The fourth-order valence-corrected chi connectivity index (χ4v) is 3.49. The zero-order chi connectivity index (χ0) is 20.0. The lowest BCUT2D eigenvalue weighted by atomic mass is 10.0. The normalized spacial score (nSPS) is 17.2. The van der Waals surface area contributed by atoms with Crippen LogP contribution in [0.2, 0.25) is 0 Å². The van der Waals surface area contributed by atoms with Crippen LogP contribution in [-0.2, 0) is 4.74 Å². The van der Waals surface area contributed by atoms with Crippen LogP contribution >= 0.6 is 0 Å². The first-order valence-corrected chi connectivity index (χ1v) is 10.2. The Hall–Kier alpha value is -1.59. The van der Waals surface area contributed by atoms with Crippen LogP contribution < -0.4 is 0 Å². The van der Waals surface area contributed by atoms with Gasteiger partial charge >= 0.3 is 6.09 Å². The van der Waals surface area contributed by atoms with Crippen LogP contribution in [0.15, 0.2) is 24.3 Å². The fourth-order valence-electron chi connectivity index (χ4n) is 3.49. The van der Waals surface area contributed by atoms with Gasteiger partial charge in [0, 0.05) is 38.8 Å². The number of hydrogen-bond donors (Lipinski definition) is 0. The molecule has 0 aromatic heterocycles. The summed E-state index contributed by atoms with van der Waals surface area (Å²) in [4.78, 5) is 19.2. The average molecular weight is 376 g/mol. The number of carbonyl (C=O) groups excluding carboxylic acids is 1. The lowest BCUT2D eigenvalue weighted by Gasteiger charge is -2.41. The third kappa shape index (κ3) is 6.51. The summed E-state index contributed by atoms with van der Waals surface area (Å²) in [6.07, 6.45) is -0.197. The van der Waals surface area contributed by atoms with Crippen molar-refractivity contribution in [3.8, 4) is 0 Å². The molecule has 1 aliphatic rings. The number of rotatable bonds is 6. The van der Waals surface area contributed by atoms with Crippen molar-refractivity contribution in [1.29, 1.82) is 0 Å². The lowest BCUT2D eigenvalue weighted by Crippen LogP contribution is -2.52. The zero-order valence-electron chi connectivity index (χ0n) is 18.0. The minimum absolute atomic E-state index is 0.197. The molecule has 1 heterocycles. The topological polar surface area (TPSA) is 36.0 Å². The molecule has 5 heteroatoms. The Bertz CT molecular complexity index is 583. The zero-order valence-corrected chi connectivity index (χ0v) is 18.0. The van der Waals surface area contributed by atoms with E-state index in [2.05, 4.69) is 54.8 Å². The van der Waals surface area contributed by atoms with Gasteiger partial charge in [0.15, 0.2) is 0 Å². The summed E-state index contributed by atoms with van der Waals surface area (Å²) in [7, 11) is 0. The molecular weight excluding hydrogens is 338 g/mol. The van der Waals surface area contributed by atoms with E-state index in [0.717, 1.165) is 45.8 Å². The number of benzene rings is 1. The number of aryl methyl sites for hydroxylation is 1. The van der Waals surface area contributed by atoms with Gasteiger partial charge in [0.1, 0.15) is 5.60 Å². The SMILES string of the molecule is CCN(CC)CC(c1ccc(C)cc1)N1CCN(C(=O)OC(C)(C)C)CC1. The molecule has 1 amide bonds. The molecule has 2 rings (SSSR count). The van der Waals surface area contributed by atoms with E-state index in [1.807, 2.05) is 25.7 Å². The van der Waals surface area contributed by atoms with Crippen LogP contribution in [0.4, 0.5) is 4.79 Å². The Morgan fingerprint density at radius 3 is 2.11 bits per heavy atom. The van der Waals surface area contributed by atoms with E-state index in [-0.39, 0.29) is 6.09 Å². The molecule has 0 bridgehead atoms. The number of carbonyl (C=O) groups is 1. The predicted molar refractivity (Wildman–Crippen MR) is 111 cm³/mol.